The second kappa shape index (κ2) is 5.79. The van der Waals surface area contributed by atoms with Crippen LogP contribution in [0.25, 0.3) is 0 Å². The summed E-state index contributed by atoms with van der Waals surface area (Å²) in [6.07, 6.45) is 0.208. The first-order valence-electron chi connectivity index (χ1n) is 5.21. The highest BCUT2D eigenvalue weighted by atomic mass is 32.2. The molecule has 0 saturated heterocycles. The van der Waals surface area contributed by atoms with Gasteiger partial charge in [-0.05, 0) is 25.5 Å². The number of sulfonamides is 1. The number of carboxylic acids is 1. The van der Waals surface area contributed by atoms with Gasteiger partial charge in [0.15, 0.2) is 0 Å². The quantitative estimate of drug-likeness (QED) is 0.802. The van der Waals surface area contributed by atoms with Crippen LogP contribution in [-0.2, 0) is 14.8 Å². The maximum Gasteiger partial charge on any atom is 0.303 e. The molecule has 0 aliphatic heterocycles. The monoisotopic (exact) mass is 257 g/mol. The summed E-state index contributed by atoms with van der Waals surface area (Å²) in [4.78, 5) is 10.5. The zero-order chi connectivity index (χ0) is 12.9. The van der Waals surface area contributed by atoms with Crippen LogP contribution in [0.4, 0.5) is 0 Å². The average Bonchev–Trinajstić information content (AvgIpc) is 2.27. The van der Waals surface area contributed by atoms with Gasteiger partial charge in [0.25, 0.3) is 0 Å². The molecule has 0 radical (unpaired) electrons. The van der Waals surface area contributed by atoms with Gasteiger partial charge < -0.3 is 5.11 Å². The molecule has 0 fully saturated rings. The summed E-state index contributed by atoms with van der Waals surface area (Å²) in [7, 11) is -3.55. The van der Waals surface area contributed by atoms with Crippen LogP contribution < -0.4 is 4.72 Å². The molecule has 94 valence electrons. The normalized spacial score (nSPS) is 13.2. The van der Waals surface area contributed by atoms with E-state index in [1.807, 2.05) is 0 Å². The Morgan fingerprint density at radius 3 is 2.47 bits per heavy atom. The number of rotatable bonds is 6. The third kappa shape index (κ3) is 4.54. The Bertz CT molecular complexity index is 470. The Morgan fingerprint density at radius 2 is 1.94 bits per heavy atom. The molecule has 0 unspecified atom stereocenters. The largest absolute Gasteiger partial charge is 0.481 e. The molecule has 1 atom stereocenters. The molecule has 2 N–H and O–H groups in total. The summed E-state index contributed by atoms with van der Waals surface area (Å²) >= 11 is 0. The number of benzene rings is 1. The number of nitrogens with one attached hydrogen (secondary N) is 1. The van der Waals surface area contributed by atoms with Crippen molar-refractivity contribution >= 4 is 16.0 Å². The molecule has 0 aliphatic carbocycles. The predicted molar refractivity (Wildman–Crippen MR) is 63.1 cm³/mol. The molecule has 0 heterocycles. The minimum Gasteiger partial charge on any atom is -0.481 e. The lowest BCUT2D eigenvalue weighted by Gasteiger charge is -2.13. The second-order valence-corrected chi connectivity index (χ2v) is 5.48. The van der Waals surface area contributed by atoms with E-state index in [0.717, 1.165) is 0 Å². The topological polar surface area (TPSA) is 83.5 Å². The Morgan fingerprint density at radius 1 is 1.35 bits per heavy atom. The van der Waals surface area contributed by atoms with E-state index < -0.39 is 22.0 Å². The van der Waals surface area contributed by atoms with E-state index in [-0.39, 0.29) is 17.7 Å². The van der Waals surface area contributed by atoms with Gasteiger partial charge in [-0.15, -0.1) is 0 Å². The van der Waals surface area contributed by atoms with Gasteiger partial charge in [-0.1, -0.05) is 18.2 Å². The zero-order valence-corrected chi connectivity index (χ0v) is 10.3. The third-order valence-corrected chi connectivity index (χ3v) is 3.81. The molecule has 1 aromatic rings. The van der Waals surface area contributed by atoms with E-state index in [1.165, 1.54) is 12.1 Å². The van der Waals surface area contributed by atoms with E-state index in [0.29, 0.717) is 0 Å². The van der Waals surface area contributed by atoms with Crippen LogP contribution in [0.2, 0.25) is 0 Å². The fourth-order valence-corrected chi connectivity index (χ4v) is 2.63. The van der Waals surface area contributed by atoms with Crippen molar-refractivity contribution in [3.05, 3.63) is 30.3 Å². The van der Waals surface area contributed by atoms with Crippen molar-refractivity contribution in [2.24, 2.45) is 0 Å². The number of hydrogen-bond acceptors (Lipinski definition) is 3. The summed E-state index contributed by atoms with van der Waals surface area (Å²) < 4.78 is 26.1. The first kappa shape index (κ1) is 13.7. The summed E-state index contributed by atoms with van der Waals surface area (Å²) in [6.45, 7) is 1.64. The van der Waals surface area contributed by atoms with Crippen molar-refractivity contribution in [2.45, 2.75) is 30.7 Å². The van der Waals surface area contributed by atoms with Crippen LogP contribution in [0, 0.1) is 0 Å². The van der Waals surface area contributed by atoms with Gasteiger partial charge in [0.05, 0.1) is 4.90 Å². The lowest BCUT2D eigenvalue weighted by Crippen LogP contribution is -2.32. The van der Waals surface area contributed by atoms with E-state index in [1.54, 1.807) is 25.1 Å². The van der Waals surface area contributed by atoms with Gasteiger partial charge in [0.1, 0.15) is 0 Å². The van der Waals surface area contributed by atoms with Gasteiger partial charge in [-0.25, -0.2) is 13.1 Å². The van der Waals surface area contributed by atoms with Crippen LogP contribution >= 0.6 is 0 Å². The van der Waals surface area contributed by atoms with Gasteiger partial charge in [0, 0.05) is 12.5 Å². The highest BCUT2D eigenvalue weighted by Gasteiger charge is 2.17. The van der Waals surface area contributed by atoms with Crippen molar-refractivity contribution in [3.8, 4) is 0 Å². The Kier molecular flexibility index (Phi) is 4.65. The molecule has 0 spiro atoms. The molecular weight excluding hydrogens is 242 g/mol. The molecule has 17 heavy (non-hydrogen) atoms. The van der Waals surface area contributed by atoms with Gasteiger partial charge >= 0.3 is 5.97 Å². The highest BCUT2D eigenvalue weighted by Crippen LogP contribution is 2.09. The van der Waals surface area contributed by atoms with Crippen LogP contribution in [0.5, 0.6) is 0 Å². The maximum atomic E-state index is 11.8. The third-order valence-electron chi connectivity index (χ3n) is 2.20. The first-order chi connectivity index (χ1) is 7.92. The van der Waals surface area contributed by atoms with Gasteiger partial charge in [-0.3, -0.25) is 4.79 Å². The average molecular weight is 257 g/mol. The van der Waals surface area contributed by atoms with Crippen molar-refractivity contribution in [2.75, 3.05) is 0 Å². The lowest BCUT2D eigenvalue weighted by atomic mass is 10.2. The number of aliphatic carboxylic acids is 1. The highest BCUT2D eigenvalue weighted by molar-refractivity contribution is 7.89. The van der Waals surface area contributed by atoms with Crippen molar-refractivity contribution in [3.63, 3.8) is 0 Å². The molecule has 1 aromatic carbocycles. The summed E-state index contributed by atoms with van der Waals surface area (Å²) in [5.41, 5.74) is 0. The maximum absolute atomic E-state index is 11.8. The zero-order valence-electron chi connectivity index (χ0n) is 9.46. The Labute approximate surface area is 101 Å². The molecule has 6 heteroatoms. The van der Waals surface area contributed by atoms with Crippen molar-refractivity contribution < 1.29 is 18.3 Å². The smallest absolute Gasteiger partial charge is 0.303 e. The van der Waals surface area contributed by atoms with Crippen LogP contribution in [0.15, 0.2) is 35.2 Å². The molecule has 0 amide bonds. The Balaban J connectivity index is 2.64. The van der Waals surface area contributed by atoms with Crippen LogP contribution in [0.3, 0.4) is 0 Å². The van der Waals surface area contributed by atoms with E-state index in [2.05, 4.69) is 4.72 Å². The van der Waals surface area contributed by atoms with Crippen molar-refractivity contribution in [1.29, 1.82) is 0 Å². The molecule has 0 aromatic heterocycles. The van der Waals surface area contributed by atoms with Crippen molar-refractivity contribution in [1.82, 2.24) is 4.72 Å². The molecule has 0 saturated carbocycles. The summed E-state index contributed by atoms with van der Waals surface area (Å²) in [5.74, 6) is -0.934. The molecular formula is C11H15NO4S. The van der Waals surface area contributed by atoms with E-state index >= 15 is 0 Å². The lowest BCUT2D eigenvalue weighted by molar-refractivity contribution is -0.137. The SMILES string of the molecule is C[C@H](CCC(=O)O)NS(=O)(=O)c1ccccc1. The van der Waals surface area contributed by atoms with E-state index in [9.17, 15) is 13.2 Å². The molecule has 0 aliphatic rings. The summed E-state index contributed by atoms with van der Waals surface area (Å²) in [6, 6.07) is 7.58. The predicted octanol–water partition coefficient (Wildman–Crippen LogP) is 1.22. The second-order valence-electron chi connectivity index (χ2n) is 3.77. The minimum atomic E-state index is -3.55. The van der Waals surface area contributed by atoms with Gasteiger partial charge in [-0.2, -0.15) is 0 Å². The number of carbonyl (C=O) groups is 1. The molecule has 5 nitrogen and oxygen atoms in total. The fraction of sp³-hybridized carbons (Fsp3) is 0.364. The van der Waals surface area contributed by atoms with E-state index in [4.69, 9.17) is 5.11 Å². The first-order valence-corrected chi connectivity index (χ1v) is 6.69. The molecule has 1 rings (SSSR count). The number of carboxylic acid groups (broad SMARTS) is 1. The number of hydrogen-bond donors (Lipinski definition) is 2. The summed E-state index contributed by atoms with van der Waals surface area (Å²) in [5, 5.41) is 8.50. The van der Waals surface area contributed by atoms with Crippen LogP contribution in [0.1, 0.15) is 19.8 Å². The fourth-order valence-electron chi connectivity index (χ4n) is 1.33. The minimum absolute atomic E-state index is 0.0571. The Hall–Kier alpha value is -1.40. The van der Waals surface area contributed by atoms with Crippen LogP contribution in [-0.4, -0.2) is 25.5 Å². The molecule has 0 bridgehead atoms. The van der Waals surface area contributed by atoms with Gasteiger partial charge in [0.2, 0.25) is 10.0 Å². The standard InChI is InChI=1S/C11H15NO4S/c1-9(7-8-11(13)14)12-17(15,16)10-5-3-2-4-6-10/h2-6,9,12H,7-8H2,1H3,(H,13,14)/t9-/m1/s1.